The molecule has 0 fully saturated rings. The molecule has 25 heavy (non-hydrogen) atoms. The van der Waals surface area contributed by atoms with E-state index in [4.69, 9.17) is 4.74 Å². The second kappa shape index (κ2) is 7.44. The maximum Gasteiger partial charge on any atom is 0.229 e. The topological polar surface area (TPSA) is 51.2 Å². The molecule has 3 aromatic rings. The first-order valence-electron chi connectivity index (χ1n) is 7.72. The minimum Gasteiger partial charge on any atom is -0.497 e. The fourth-order valence-corrected chi connectivity index (χ4v) is 3.48. The average Bonchev–Trinajstić information content (AvgIpc) is 2.95. The maximum atomic E-state index is 13.9. The molecule has 2 aromatic carbocycles. The van der Waals surface area contributed by atoms with Crippen LogP contribution in [-0.4, -0.2) is 18.0 Å². The van der Waals surface area contributed by atoms with Crippen molar-refractivity contribution in [1.29, 1.82) is 0 Å². The number of methoxy groups -OCH3 is 1. The highest BCUT2D eigenvalue weighted by Crippen LogP contribution is 2.30. The number of benzene rings is 2. The van der Waals surface area contributed by atoms with Crippen LogP contribution in [0.1, 0.15) is 10.6 Å². The molecule has 3 rings (SSSR count). The van der Waals surface area contributed by atoms with E-state index in [1.807, 2.05) is 19.1 Å². The molecular weight excluding hydrogens is 339 g/mol. The number of aryl methyl sites for hydroxylation is 1. The molecule has 0 atom stereocenters. The minimum absolute atomic E-state index is 0.153. The van der Waals surface area contributed by atoms with E-state index in [0.717, 1.165) is 10.6 Å². The van der Waals surface area contributed by atoms with Crippen LogP contribution in [0.3, 0.4) is 0 Å². The van der Waals surface area contributed by atoms with Gasteiger partial charge in [-0.3, -0.25) is 4.79 Å². The molecule has 6 heteroatoms. The van der Waals surface area contributed by atoms with E-state index in [2.05, 4.69) is 10.3 Å². The first-order chi connectivity index (χ1) is 12.1. The van der Waals surface area contributed by atoms with Crippen molar-refractivity contribution in [3.8, 4) is 16.3 Å². The Morgan fingerprint density at radius 3 is 2.80 bits per heavy atom. The molecule has 1 aromatic heterocycles. The lowest BCUT2D eigenvalue weighted by atomic mass is 10.2. The van der Waals surface area contributed by atoms with E-state index in [-0.39, 0.29) is 18.1 Å². The Labute approximate surface area is 149 Å². The Kier molecular flexibility index (Phi) is 5.09. The average molecular weight is 356 g/mol. The Morgan fingerprint density at radius 2 is 2.04 bits per heavy atom. The quantitative estimate of drug-likeness (QED) is 0.735. The van der Waals surface area contributed by atoms with E-state index in [0.29, 0.717) is 22.0 Å². The largest absolute Gasteiger partial charge is 0.497 e. The highest BCUT2D eigenvalue weighted by molar-refractivity contribution is 7.15. The molecule has 0 bridgehead atoms. The van der Waals surface area contributed by atoms with Crippen LogP contribution in [-0.2, 0) is 11.2 Å². The van der Waals surface area contributed by atoms with Gasteiger partial charge in [-0.25, -0.2) is 9.37 Å². The number of halogens is 1. The van der Waals surface area contributed by atoms with Crippen molar-refractivity contribution in [2.24, 2.45) is 0 Å². The lowest BCUT2D eigenvalue weighted by Gasteiger charge is -2.06. The molecule has 0 unspecified atom stereocenters. The number of carbonyl (C=O) groups excluding carboxylic acids is 1. The maximum absolute atomic E-state index is 13.9. The van der Waals surface area contributed by atoms with Gasteiger partial charge in [0.05, 0.1) is 19.2 Å². The number of anilines is 1. The monoisotopic (exact) mass is 356 g/mol. The van der Waals surface area contributed by atoms with Crippen molar-refractivity contribution in [2.75, 3.05) is 12.4 Å². The lowest BCUT2D eigenvalue weighted by Crippen LogP contribution is -2.14. The molecule has 0 spiro atoms. The molecule has 1 heterocycles. The summed E-state index contributed by atoms with van der Waals surface area (Å²) in [7, 11) is 1.58. The zero-order valence-corrected chi connectivity index (χ0v) is 14.7. The lowest BCUT2D eigenvalue weighted by molar-refractivity contribution is -0.115. The third-order valence-corrected chi connectivity index (χ3v) is 4.86. The van der Waals surface area contributed by atoms with Crippen LogP contribution in [0.25, 0.3) is 10.6 Å². The number of ether oxygens (including phenoxy) is 1. The second-order valence-corrected chi connectivity index (χ2v) is 6.55. The van der Waals surface area contributed by atoms with Gasteiger partial charge in [-0.2, -0.15) is 0 Å². The summed E-state index contributed by atoms with van der Waals surface area (Å²) in [6.45, 7) is 1.83. The molecule has 0 aliphatic carbocycles. The molecule has 0 aliphatic heterocycles. The normalized spacial score (nSPS) is 10.5. The number of nitrogens with zero attached hydrogens (tertiary/aromatic N) is 1. The van der Waals surface area contributed by atoms with Crippen LogP contribution in [0, 0.1) is 12.7 Å². The van der Waals surface area contributed by atoms with Crippen LogP contribution < -0.4 is 10.1 Å². The van der Waals surface area contributed by atoms with Crippen molar-refractivity contribution >= 4 is 22.9 Å². The zero-order valence-electron chi connectivity index (χ0n) is 13.9. The van der Waals surface area contributed by atoms with Gasteiger partial charge in [0.2, 0.25) is 5.91 Å². The van der Waals surface area contributed by atoms with Gasteiger partial charge in [0, 0.05) is 22.2 Å². The number of hydrogen-bond donors (Lipinski definition) is 1. The van der Waals surface area contributed by atoms with Crippen LogP contribution in [0.15, 0.2) is 48.5 Å². The summed E-state index contributed by atoms with van der Waals surface area (Å²) >= 11 is 1.34. The number of nitrogens with one attached hydrogen (secondary N) is 1. The van der Waals surface area contributed by atoms with Gasteiger partial charge in [-0.15, -0.1) is 11.3 Å². The zero-order chi connectivity index (χ0) is 17.8. The van der Waals surface area contributed by atoms with E-state index < -0.39 is 0 Å². The molecular formula is C19H17FN2O2S. The highest BCUT2D eigenvalue weighted by atomic mass is 32.1. The summed E-state index contributed by atoms with van der Waals surface area (Å²) in [4.78, 5) is 17.5. The number of rotatable bonds is 5. The van der Waals surface area contributed by atoms with Crippen LogP contribution in [0.5, 0.6) is 5.75 Å². The summed E-state index contributed by atoms with van der Waals surface area (Å²) in [6.07, 6.45) is 0.190. The van der Waals surface area contributed by atoms with Crippen molar-refractivity contribution in [2.45, 2.75) is 13.3 Å². The smallest absolute Gasteiger partial charge is 0.229 e. The summed E-state index contributed by atoms with van der Waals surface area (Å²) in [5, 5.41) is 3.42. The SMILES string of the molecule is COc1cccc(NC(=O)Cc2sc(-c3ccccc3F)nc2C)c1. The third kappa shape index (κ3) is 4.03. The first kappa shape index (κ1) is 17.1. The van der Waals surface area contributed by atoms with Gasteiger partial charge in [0.15, 0.2) is 0 Å². The third-order valence-electron chi connectivity index (χ3n) is 3.67. The van der Waals surface area contributed by atoms with Crippen molar-refractivity contribution in [3.05, 3.63) is 64.9 Å². The van der Waals surface area contributed by atoms with E-state index in [1.165, 1.54) is 17.4 Å². The van der Waals surface area contributed by atoms with E-state index in [9.17, 15) is 9.18 Å². The molecule has 0 saturated heterocycles. The second-order valence-electron chi connectivity index (χ2n) is 5.46. The number of thiazole rings is 1. The fourth-order valence-electron chi connectivity index (χ4n) is 2.39. The molecule has 0 saturated carbocycles. The fraction of sp³-hybridized carbons (Fsp3) is 0.158. The Bertz CT molecular complexity index is 908. The van der Waals surface area contributed by atoms with Crippen molar-refractivity contribution < 1.29 is 13.9 Å². The molecule has 0 radical (unpaired) electrons. The standard InChI is InChI=1S/C19H17FN2O2S/c1-12-17(25-19(21-12)15-8-3-4-9-16(15)20)11-18(23)22-13-6-5-7-14(10-13)24-2/h3-10H,11H2,1-2H3,(H,22,23). The summed E-state index contributed by atoms with van der Waals surface area (Å²) in [5.41, 5.74) is 1.86. The number of amides is 1. The highest BCUT2D eigenvalue weighted by Gasteiger charge is 2.15. The van der Waals surface area contributed by atoms with Gasteiger partial charge < -0.3 is 10.1 Å². The number of carbonyl (C=O) groups is 1. The Hall–Kier alpha value is -2.73. The summed E-state index contributed by atoms with van der Waals surface area (Å²) in [5.74, 6) is 0.206. The van der Waals surface area contributed by atoms with Gasteiger partial charge in [0.25, 0.3) is 0 Å². The predicted molar refractivity (Wildman–Crippen MR) is 97.6 cm³/mol. The molecule has 1 N–H and O–H groups in total. The Morgan fingerprint density at radius 1 is 1.24 bits per heavy atom. The summed E-state index contributed by atoms with van der Waals surface area (Å²) < 4.78 is 19.1. The van der Waals surface area contributed by atoms with Crippen LogP contribution >= 0.6 is 11.3 Å². The molecule has 128 valence electrons. The molecule has 0 aliphatic rings. The number of aromatic nitrogens is 1. The van der Waals surface area contributed by atoms with E-state index >= 15 is 0 Å². The number of hydrogen-bond acceptors (Lipinski definition) is 4. The van der Waals surface area contributed by atoms with Gasteiger partial charge >= 0.3 is 0 Å². The van der Waals surface area contributed by atoms with Crippen molar-refractivity contribution in [1.82, 2.24) is 4.98 Å². The van der Waals surface area contributed by atoms with Gasteiger partial charge in [0.1, 0.15) is 16.6 Å². The van der Waals surface area contributed by atoms with E-state index in [1.54, 1.807) is 37.4 Å². The van der Waals surface area contributed by atoms with Gasteiger partial charge in [-0.1, -0.05) is 18.2 Å². The molecule has 1 amide bonds. The van der Waals surface area contributed by atoms with Gasteiger partial charge in [-0.05, 0) is 31.2 Å². The Balaban J connectivity index is 1.74. The van der Waals surface area contributed by atoms with Crippen LogP contribution in [0.2, 0.25) is 0 Å². The first-order valence-corrected chi connectivity index (χ1v) is 8.53. The summed E-state index contributed by atoms with van der Waals surface area (Å²) in [6, 6.07) is 13.7. The van der Waals surface area contributed by atoms with Crippen molar-refractivity contribution in [3.63, 3.8) is 0 Å². The van der Waals surface area contributed by atoms with Crippen LogP contribution in [0.4, 0.5) is 10.1 Å². The predicted octanol–water partition coefficient (Wildman–Crippen LogP) is 4.45. The molecule has 4 nitrogen and oxygen atoms in total. The minimum atomic E-state index is -0.316.